The van der Waals surface area contributed by atoms with E-state index in [0.29, 0.717) is 6.04 Å². The molecule has 0 saturated heterocycles. The number of unbranched alkanes of at least 4 members (excludes halogenated alkanes) is 1. The lowest BCUT2D eigenvalue weighted by molar-refractivity contribution is 0.492. The van der Waals surface area contributed by atoms with Crippen LogP contribution in [-0.4, -0.2) is 0 Å². The van der Waals surface area contributed by atoms with Gasteiger partial charge in [0, 0.05) is 6.04 Å². The maximum absolute atomic E-state index is 5.62. The topological polar surface area (TPSA) is 38.0 Å². The van der Waals surface area contributed by atoms with Crippen LogP contribution in [0, 0.1) is 0 Å². The molecule has 0 saturated carbocycles. The molecule has 1 aromatic carbocycles. The molecule has 1 atom stereocenters. The van der Waals surface area contributed by atoms with Crippen LogP contribution in [-0.2, 0) is 6.42 Å². The lowest BCUT2D eigenvalue weighted by Crippen LogP contribution is -2.28. The molecule has 1 rings (SSSR count). The molecule has 0 spiro atoms. The third kappa shape index (κ3) is 3.33. The molecule has 0 aliphatic heterocycles. The summed E-state index contributed by atoms with van der Waals surface area (Å²) in [5.74, 6) is 5.62. The van der Waals surface area contributed by atoms with Crippen LogP contribution in [0.15, 0.2) is 24.3 Å². The molecular weight excluding hydrogens is 184 g/mol. The van der Waals surface area contributed by atoms with Gasteiger partial charge in [0.1, 0.15) is 0 Å². The fraction of sp³-hybridized carbons (Fsp3) is 0.538. The number of benzene rings is 1. The molecule has 1 unspecified atom stereocenters. The van der Waals surface area contributed by atoms with Gasteiger partial charge in [-0.1, -0.05) is 51.0 Å². The van der Waals surface area contributed by atoms with Crippen LogP contribution in [0.1, 0.15) is 50.3 Å². The van der Waals surface area contributed by atoms with E-state index in [1.54, 1.807) is 0 Å². The van der Waals surface area contributed by atoms with Crippen molar-refractivity contribution in [1.29, 1.82) is 0 Å². The zero-order valence-corrected chi connectivity index (χ0v) is 9.79. The van der Waals surface area contributed by atoms with Crippen molar-refractivity contribution in [2.24, 2.45) is 5.84 Å². The van der Waals surface area contributed by atoms with Crippen LogP contribution in [0.5, 0.6) is 0 Å². The van der Waals surface area contributed by atoms with E-state index in [9.17, 15) is 0 Å². The summed E-state index contributed by atoms with van der Waals surface area (Å²) in [5.41, 5.74) is 5.68. The summed E-state index contributed by atoms with van der Waals surface area (Å²) in [4.78, 5) is 0. The molecule has 2 nitrogen and oxygen atoms in total. The predicted molar refractivity (Wildman–Crippen MR) is 65.4 cm³/mol. The standard InChI is InChI=1S/C13H22N2/c1-3-5-10-13(15-14)12-9-7-6-8-11(12)4-2/h6-9,13,15H,3-5,10,14H2,1-2H3. The van der Waals surface area contributed by atoms with Gasteiger partial charge in [-0.05, 0) is 24.0 Å². The van der Waals surface area contributed by atoms with Crippen molar-refractivity contribution in [2.75, 3.05) is 0 Å². The number of rotatable bonds is 6. The smallest absolute Gasteiger partial charge is 0.0462 e. The van der Waals surface area contributed by atoms with E-state index < -0.39 is 0 Å². The van der Waals surface area contributed by atoms with Crippen molar-refractivity contribution in [3.05, 3.63) is 35.4 Å². The Bertz CT molecular complexity index is 284. The fourth-order valence-corrected chi connectivity index (χ4v) is 1.93. The maximum atomic E-state index is 5.62. The van der Waals surface area contributed by atoms with Crippen molar-refractivity contribution >= 4 is 0 Å². The third-order valence-electron chi connectivity index (χ3n) is 2.86. The summed E-state index contributed by atoms with van der Waals surface area (Å²) >= 11 is 0. The molecule has 0 aliphatic carbocycles. The highest BCUT2D eigenvalue weighted by molar-refractivity contribution is 5.29. The summed E-state index contributed by atoms with van der Waals surface area (Å²) < 4.78 is 0. The normalized spacial score (nSPS) is 12.7. The van der Waals surface area contributed by atoms with Crippen LogP contribution < -0.4 is 11.3 Å². The highest BCUT2D eigenvalue weighted by Crippen LogP contribution is 2.22. The number of hydrogen-bond acceptors (Lipinski definition) is 2. The number of aryl methyl sites for hydroxylation is 1. The van der Waals surface area contributed by atoms with Crippen molar-refractivity contribution in [1.82, 2.24) is 5.43 Å². The summed E-state index contributed by atoms with van der Waals surface area (Å²) in [6.45, 7) is 4.39. The Morgan fingerprint density at radius 3 is 2.60 bits per heavy atom. The van der Waals surface area contributed by atoms with Crippen LogP contribution in [0.3, 0.4) is 0 Å². The van der Waals surface area contributed by atoms with E-state index in [0.717, 1.165) is 12.8 Å². The van der Waals surface area contributed by atoms with Crippen LogP contribution in [0.4, 0.5) is 0 Å². The van der Waals surface area contributed by atoms with Crippen molar-refractivity contribution in [2.45, 2.75) is 45.6 Å². The summed E-state index contributed by atoms with van der Waals surface area (Å²) in [6.07, 6.45) is 4.61. The van der Waals surface area contributed by atoms with E-state index in [4.69, 9.17) is 5.84 Å². The first-order chi connectivity index (χ1) is 7.33. The van der Waals surface area contributed by atoms with E-state index in [2.05, 4.69) is 43.5 Å². The zero-order chi connectivity index (χ0) is 11.1. The Morgan fingerprint density at radius 1 is 1.27 bits per heavy atom. The average Bonchev–Trinajstić information content (AvgIpc) is 2.30. The van der Waals surface area contributed by atoms with E-state index >= 15 is 0 Å². The van der Waals surface area contributed by atoms with Crippen molar-refractivity contribution < 1.29 is 0 Å². The second-order valence-electron chi connectivity index (χ2n) is 3.91. The first kappa shape index (κ1) is 12.2. The second-order valence-corrected chi connectivity index (χ2v) is 3.91. The van der Waals surface area contributed by atoms with Gasteiger partial charge in [-0.2, -0.15) is 0 Å². The van der Waals surface area contributed by atoms with Gasteiger partial charge >= 0.3 is 0 Å². The maximum Gasteiger partial charge on any atom is 0.0462 e. The molecule has 0 aromatic heterocycles. The minimum atomic E-state index is 0.307. The summed E-state index contributed by atoms with van der Waals surface area (Å²) in [7, 11) is 0. The molecule has 0 aliphatic rings. The lowest BCUT2D eigenvalue weighted by atomic mass is 9.95. The highest BCUT2D eigenvalue weighted by Gasteiger charge is 2.11. The molecule has 1 aromatic rings. The van der Waals surface area contributed by atoms with E-state index in [1.807, 2.05) is 0 Å². The Kier molecular flexibility index (Phi) is 5.37. The van der Waals surface area contributed by atoms with Crippen LogP contribution in [0.2, 0.25) is 0 Å². The highest BCUT2D eigenvalue weighted by atomic mass is 15.2. The third-order valence-corrected chi connectivity index (χ3v) is 2.86. The first-order valence-corrected chi connectivity index (χ1v) is 5.87. The van der Waals surface area contributed by atoms with Gasteiger partial charge in [-0.3, -0.25) is 11.3 Å². The fourth-order valence-electron chi connectivity index (χ4n) is 1.93. The van der Waals surface area contributed by atoms with Gasteiger partial charge in [0.2, 0.25) is 0 Å². The van der Waals surface area contributed by atoms with Gasteiger partial charge in [0.25, 0.3) is 0 Å². The predicted octanol–water partition coefficient (Wildman–Crippen LogP) is 2.94. The van der Waals surface area contributed by atoms with Crippen LogP contribution >= 0.6 is 0 Å². The second kappa shape index (κ2) is 6.59. The summed E-state index contributed by atoms with van der Waals surface area (Å²) in [5, 5.41) is 0. The Balaban J connectivity index is 2.80. The molecule has 0 radical (unpaired) electrons. The summed E-state index contributed by atoms with van der Waals surface area (Å²) in [6, 6.07) is 8.85. The molecule has 0 amide bonds. The van der Waals surface area contributed by atoms with Crippen molar-refractivity contribution in [3.8, 4) is 0 Å². The Morgan fingerprint density at radius 2 is 2.00 bits per heavy atom. The number of hydrogen-bond donors (Lipinski definition) is 2. The molecular formula is C13H22N2. The Hall–Kier alpha value is -0.860. The molecule has 0 fully saturated rings. The Labute approximate surface area is 92.8 Å². The zero-order valence-electron chi connectivity index (χ0n) is 9.79. The molecule has 0 heterocycles. The molecule has 84 valence electrons. The molecule has 15 heavy (non-hydrogen) atoms. The van der Waals surface area contributed by atoms with Gasteiger partial charge < -0.3 is 0 Å². The van der Waals surface area contributed by atoms with Crippen molar-refractivity contribution in [3.63, 3.8) is 0 Å². The van der Waals surface area contributed by atoms with Gasteiger partial charge in [-0.15, -0.1) is 0 Å². The number of nitrogens with two attached hydrogens (primary N) is 1. The minimum Gasteiger partial charge on any atom is -0.271 e. The van der Waals surface area contributed by atoms with Gasteiger partial charge in [0.05, 0.1) is 0 Å². The quantitative estimate of drug-likeness (QED) is 0.555. The lowest BCUT2D eigenvalue weighted by Gasteiger charge is -2.19. The van der Waals surface area contributed by atoms with E-state index in [1.165, 1.54) is 24.0 Å². The molecule has 3 N–H and O–H groups in total. The molecule has 2 heteroatoms. The number of hydrazine groups is 1. The monoisotopic (exact) mass is 206 g/mol. The average molecular weight is 206 g/mol. The minimum absolute atomic E-state index is 0.307. The van der Waals surface area contributed by atoms with E-state index in [-0.39, 0.29) is 0 Å². The first-order valence-electron chi connectivity index (χ1n) is 5.87. The largest absolute Gasteiger partial charge is 0.271 e. The molecule has 0 bridgehead atoms. The van der Waals surface area contributed by atoms with Gasteiger partial charge in [0.15, 0.2) is 0 Å². The van der Waals surface area contributed by atoms with Crippen LogP contribution in [0.25, 0.3) is 0 Å². The number of nitrogens with one attached hydrogen (secondary N) is 1. The SMILES string of the molecule is CCCCC(NN)c1ccccc1CC. The van der Waals surface area contributed by atoms with Gasteiger partial charge in [-0.25, -0.2) is 0 Å².